The zero-order chi connectivity index (χ0) is 18.1. The van der Waals surface area contributed by atoms with Gasteiger partial charge in [-0.2, -0.15) is 0 Å². The van der Waals surface area contributed by atoms with Crippen LogP contribution in [-0.2, 0) is 0 Å². The number of hydrogen-bond acceptors (Lipinski definition) is 2. The van der Waals surface area contributed by atoms with E-state index >= 15 is 0 Å². The van der Waals surface area contributed by atoms with Crippen molar-refractivity contribution in [2.75, 3.05) is 13.1 Å². The largest absolute Gasteiger partial charge is 0.507 e. The van der Waals surface area contributed by atoms with Crippen molar-refractivity contribution in [3.8, 4) is 5.75 Å². The van der Waals surface area contributed by atoms with Crippen molar-refractivity contribution in [1.29, 1.82) is 0 Å². The quantitative estimate of drug-likeness (QED) is 0.607. The van der Waals surface area contributed by atoms with E-state index in [-0.39, 0.29) is 6.04 Å². The molecule has 1 aliphatic rings. The zero-order valence-electron chi connectivity index (χ0n) is 15.1. The first-order chi connectivity index (χ1) is 12.7. The van der Waals surface area contributed by atoms with E-state index in [9.17, 15) is 5.11 Å². The lowest BCUT2D eigenvalue weighted by molar-refractivity contribution is 0.184. The number of benzene rings is 3. The summed E-state index contributed by atoms with van der Waals surface area (Å²) >= 11 is 6.61. The van der Waals surface area contributed by atoms with Crippen LogP contribution in [-0.4, -0.2) is 23.1 Å². The van der Waals surface area contributed by atoms with Crippen molar-refractivity contribution >= 4 is 22.4 Å². The lowest BCUT2D eigenvalue weighted by Crippen LogP contribution is -2.34. The minimum atomic E-state index is 0.0265. The molecule has 0 bridgehead atoms. The molecule has 0 spiro atoms. The van der Waals surface area contributed by atoms with Crippen LogP contribution in [0, 0.1) is 6.92 Å². The molecule has 1 fully saturated rings. The first-order valence-electron chi connectivity index (χ1n) is 9.36. The first-order valence-corrected chi connectivity index (χ1v) is 9.74. The summed E-state index contributed by atoms with van der Waals surface area (Å²) in [6.07, 6.45) is 3.68. The normalized spacial score (nSPS) is 16.7. The van der Waals surface area contributed by atoms with Crippen LogP contribution >= 0.6 is 11.6 Å². The molecule has 1 N–H and O–H groups in total. The number of likely N-dealkylation sites (tertiary alicyclic amines) is 1. The van der Waals surface area contributed by atoms with E-state index in [2.05, 4.69) is 36.1 Å². The molecule has 3 aromatic carbocycles. The number of piperidine rings is 1. The van der Waals surface area contributed by atoms with Gasteiger partial charge in [0.25, 0.3) is 0 Å². The maximum atomic E-state index is 11.1. The molecule has 0 aliphatic carbocycles. The van der Waals surface area contributed by atoms with Gasteiger partial charge < -0.3 is 5.11 Å². The van der Waals surface area contributed by atoms with Gasteiger partial charge in [-0.25, -0.2) is 0 Å². The predicted octanol–water partition coefficient (Wildman–Crippen LogP) is 6.08. The van der Waals surface area contributed by atoms with Gasteiger partial charge in [0.2, 0.25) is 0 Å². The smallest absolute Gasteiger partial charge is 0.128 e. The number of aromatic hydroxyl groups is 1. The lowest BCUT2D eigenvalue weighted by Gasteiger charge is -2.36. The second kappa shape index (κ2) is 7.30. The van der Waals surface area contributed by atoms with E-state index in [0.717, 1.165) is 29.4 Å². The number of halogens is 1. The fourth-order valence-electron chi connectivity index (χ4n) is 4.18. The number of rotatable bonds is 3. The van der Waals surface area contributed by atoms with Gasteiger partial charge in [-0.1, -0.05) is 66.6 Å². The predicted molar refractivity (Wildman–Crippen MR) is 109 cm³/mol. The molecule has 0 radical (unpaired) electrons. The molecular weight excluding hydrogens is 342 g/mol. The average Bonchev–Trinajstić information content (AvgIpc) is 2.68. The fraction of sp³-hybridized carbons (Fsp3) is 0.304. The highest BCUT2D eigenvalue weighted by Crippen LogP contribution is 2.42. The Labute approximate surface area is 160 Å². The SMILES string of the molecule is Cc1ccccc1C(c1cc(Cl)c2ccccc2c1O)N1CCCCC1. The highest BCUT2D eigenvalue weighted by Gasteiger charge is 2.28. The summed E-state index contributed by atoms with van der Waals surface area (Å²) in [5.74, 6) is 0.351. The number of aryl methyl sites for hydroxylation is 1. The van der Waals surface area contributed by atoms with Crippen LogP contribution in [0.15, 0.2) is 54.6 Å². The first kappa shape index (κ1) is 17.4. The third-order valence-corrected chi connectivity index (χ3v) is 5.84. The monoisotopic (exact) mass is 365 g/mol. The Bertz CT molecular complexity index is 931. The summed E-state index contributed by atoms with van der Waals surface area (Å²) in [5, 5.41) is 13.6. The molecule has 0 amide bonds. The fourth-order valence-corrected chi connectivity index (χ4v) is 4.46. The minimum absolute atomic E-state index is 0.0265. The van der Waals surface area contributed by atoms with Gasteiger partial charge in [-0.05, 0) is 50.0 Å². The molecule has 4 rings (SSSR count). The summed E-state index contributed by atoms with van der Waals surface area (Å²) < 4.78 is 0. The van der Waals surface area contributed by atoms with Crippen LogP contribution in [0.2, 0.25) is 5.02 Å². The molecule has 1 aliphatic heterocycles. The lowest BCUT2D eigenvalue weighted by atomic mass is 9.90. The third kappa shape index (κ3) is 3.08. The molecular formula is C23H24ClNO. The number of phenols is 1. The molecule has 1 heterocycles. The van der Waals surface area contributed by atoms with Crippen molar-refractivity contribution in [2.24, 2.45) is 0 Å². The molecule has 1 unspecified atom stereocenters. The van der Waals surface area contributed by atoms with Gasteiger partial charge in [0.1, 0.15) is 5.75 Å². The summed E-state index contributed by atoms with van der Waals surface area (Å²) in [5.41, 5.74) is 3.40. The third-order valence-electron chi connectivity index (χ3n) is 5.53. The molecule has 26 heavy (non-hydrogen) atoms. The molecule has 0 aromatic heterocycles. The van der Waals surface area contributed by atoms with Crippen LogP contribution < -0.4 is 0 Å². The Hall–Kier alpha value is -2.03. The number of hydrogen-bond donors (Lipinski definition) is 1. The van der Waals surface area contributed by atoms with E-state index in [1.807, 2.05) is 30.3 Å². The molecule has 2 nitrogen and oxygen atoms in total. The van der Waals surface area contributed by atoms with E-state index in [1.54, 1.807) is 0 Å². The molecule has 3 heteroatoms. The maximum Gasteiger partial charge on any atom is 0.128 e. The summed E-state index contributed by atoms with van der Waals surface area (Å²) in [7, 11) is 0. The number of nitrogens with zero attached hydrogens (tertiary/aromatic N) is 1. The zero-order valence-corrected chi connectivity index (χ0v) is 15.8. The van der Waals surface area contributed by atoms with Crippen LogP contribution in [0.5, 0.6) is 5.75 Å². The summed E-state index contributed by atoms with van der Waals surface area (Å²) in [6, 6.07) is 18.3. The van der Waals surface area contributed by atoms with E-state index in [0.29, 0.717) is 10.8 Å². The van der Waals surface area contributed by atoms with Crippen LogP contribution in [0.3, 0.4) is 0 Å². The van der Waals surface area contributed by atoms with Gasteiger partial charge >= 0.3 is 0 Å². The van der Waals surface area contributed by atoms with Crippen LogP contribution in [0.1, 0.15) is 42.0 Å². The topological polar surface area (TPSA) is 23.5 Å². The van der Waals surface area contributed by atoms with Crippen LogP contribution in [0.25, 0.3) is 10.8 Å². The molecule has 1 saturated heterocycles. The van der Waals surface area contributed by atoms with Gasteiger partial charge in [0, 0.05) is 21.4 Å². The Morgan fingerprint density at radius 1 is 0.885 bits per heavy atom. The summed E-state index contributed by atoms with van der Waals surface area (Å²) in [6.45, 7) is 4.23. The molecule has 134 valence electrons. The Morgan fingerprint density at radius 2 is 1.54 bits per heavy atom. The van der Waals surface area contributed by atoms with Crippen LogP contribution in [0.4, 0.5) is 0 Å². The van der Waals surface area contributed by atoms with Crippen molar-refractivity contribution in [3.05, 3.63) is 76.3 Å². The second-order valence-electron chi connectivity index (χ2n) is 7.20. The van der Waals surface area contributed by atoms with E-state index in [4.69, 9.17) is 11.6 Å². The molecule has 3 aromatic rings. The van der Waals surface area contributed by atoms with Gasteiger partial charge in [0.05, 0.1) is 6.04 Å². The Morgan fingerprint density at radius 3 is 2.27 bits per heavy atom. The molecule has 0 saturated carbocycles. The second-order valence-corrected chi connectivity index (χ2v) is 7.60. The van der Waals surface area contributed by atoms with E-state index < -0.39 is 0 Å². The standard InChI is InChI=1S/C23H24ClNO/c1-16-9-3-4-10-17(16)22(25-13-7-2-8-14-25)20-15-21(24)18-11-5-6-12-19(18)23(20)26/h3-6,9-12,15,22,26H,2,7-8,13-14H2,1H3. The van der Waals surface area contributed by atoms with Gasteiger partial charge in [0.15, 0.2) is 0 Å². The summed E-state index contributed by atoms with van der Waals surface area (Å²) in [4.78, 5) is 2.49. The van der Waals surface area contributed by atoms with Gasteiger partial charge in [-0.3, -0.25) is 4.90 Å². The van der Waals surface area contributed by atoms with Crippen molar-refractivity contribution in [1.82, 2.24) is 4.90 Å². The minimum Gasteiger partial charge on any atom is -0.507 e. The van der Waals surface area contributed by atoms with Crippen molar-refractivity contribution in [3.63, 3.8) is 0 Å². The highest BCUT2D eigenvalue weighted by atomic mass is 35.5. The van der Waals surface area contributed by atoms with Crippen molar-refractivity contribution < 1.29 is 5.11 Å². The number of fused-ring (bicyclic) bond motifs is 1. The Balaban J connectivity index is 1.93. The van der Waals surface area contributed by atoms with Crippen molar-refractivity contribution in [2.45, 2.75) is 32.2 Å². The van der Waals surface area contributed by atoms with Gasteiger partial charge in [-0.15, -0.1) is 0 Å². The number of phenolic OH excluding ortho intramolecular Hbond substituents is 1. The molecule has 1 atom stereocenters. The van der Waals surface area contributed by atoms with E-state index in [1.165, 1.54) is 30.4 Å². The Kier molecular flexibility index (Phi) is 4.88. The highest BCUT2D eigenvalue weighted by molar-refractivity contribution is 6.36. The average molecular weight is 366 g/mol. The maximum absolute atomic E-state index is 11.1.